The van der Waals surface area contributed by atoms with E-state index in [1.165, 1.54) is 0 Å². The lowest BCUT2D eigenvalue weighted by Crippen LogP contribution is -2.34. The highest BCUT2D eigenvalue weighted by atomic mass is 16.7. The van der Waals surface area contributed by atoms with Gasteiger partial charge in [0.05, 0.1) is 18.6 Å². The van der Waals surface area contributed by atoms with Gasteiger partial charge in [0.15, 0.2) is 11.5 Å². The molecule has 2 amide bonds. The number of benzene rings is 2. The number of nitrogens with zero attached hydrogens (tertiary/aromatic N) is 1. The first kappa shape index (κ1) is 20.1. The Morgan fingerprint density at radius 2 is 2.03 bits per heavy atom. The van der Waals surface area contributed by atoms with E-state index in [-0.39, 0.29) is 31.1 Å². The van der Waals surface area contributed by atoms with E-state index in [9.17, 15) is 9.59 Å². The molecular formula is C23H26N2O5. The van der Waals surface area contributed by atoms with E-state index in [2.05, 4.69) is 5.32 Å². The topological polar surface area (TPSA) is 77.1 Å². The van der Waals surface area contributed by atoms with Crippen LogP contribution >= 0.6 is 0 Å². The number of ether oxygens (including phenoxy) is 3. The van der Waals surface area contributed by atoms with Crippen LogP contribution in [0.15, 0.2) is 36.4 Å². The first-order chi connectivity index (χ1) is 14.5. The van der Waals surface area contributed by atoms with Crippen molar-refractivity contribution in [3.63, 3.8) is 0 Å². The van der Waals surface area contributed by atoms with Gasteiger partial charge in [-0.1, -0.05) is 17.7 Å². The maximum Gasteiger partial charge on any atom is 0.231 e. The second-order valence-corrected chi connectivity index (χ2v) is 7.65. The van der Waals surface area contributed by atoms with E-state index in [1.807, 2.05) is 45.0 Å². The van der Waals surface area contributed by atoms with Crippen LogP contribution in [0, 0.1) is 12.8 Å². The van der Waals surface area contributed by atoms with E-state index in [1.54, 1.807) is 17.0 Å². The Labute approximate surface area is 175 Å². The molecule has 0 spiro atoms. The van der Waals surface area contributed by atoms with Crippen LogP contribution in [0.25, 0.3) is 0 Å². The second kappa shape index (κ2) is 8.26. The maximum absolute atomic E-state index is 12.9. The zero-order chi connectivity index (χ0) is 21.3. The summed E-state index contributed by atoms with van der Waals surface area (Å²) in [7, 11) is 0. The quantitative estimate of drug-likeness (QED) is 0.790. The van der Waals surface area contributed by atoms with Crippen molar-refractivity contribution in [3.8, 4) is 17.2 Å². The summed E-state index contributed by atoms with van der Waals surface area (Å²) in [6, 6.07) is 11.1. The summed E-state index contributed by atoms with van der Waals surface area (Å²) in [4.78, 5) is 27.1. The van der Waals surface area contributed by atoms with Gasteiger partial charge in [-0.05, 0) is 39.0 Å². The second-order valence-electron chi connectivity index (χ2n) is 7.65. The molecule has 2 aromatic carbocycles. The van der Waals surface area contributed by atoms with E-state index < -0.39 is 5.92 Å². The molecule has 2 aliphatic heterocycles. The zero-order valence-electron chi connectivity index (χ0n) is 17.4. The normalized spacial score (nSPS) is 18.4. The fraction of sp³-hybridized carbons (Fsp3) is 0.391. The molecule has 1 saturated heterocycles. The van der Waals surface area contributed by atoms with Crippen molar-refractivity contribution in [2.24, 2.45) is 5.92 Å². The molecule has 0 aliphatic carbocycles. The van der Waals surface area contributed by atoms with Crippen LogP contribution in [0.2, 0.25) is 0 Å². The summed E-state index contributed by atoms with van der Waals surface area (Å²) < 4.78 is 16.4. The van der Waals surface area contributed by atoms with Crippen molar-refractivity contribution in [1.29, 1.82) is 0 Å². The van der Waals surface area contributed by atoms with Gasteiger partial charge < -0.3 is 24.4 Å². The molecule has 2 unspecified atom stereocenters. The third-order valence-corrected chi connectivity index (χ3v) is 5.45. The van der Waals surface area contributed by atoms with Gasteiger partial charge in [-0.3, -0.25) is 9.59 Å². The molecule has 0 aromatic heterocycles. The van der Waals surface area contributed by atoms with Gasteiger partial charge in [0.1, 0.15) is 5.75 Å². The fourth-order valence-corrected chi connectivity index (χ4v) is 3.89. The highest BCUT2D eigenvalue weighted by molar-refractivity contribution is 6.00. The van der Waals surface area contributed by atoms with Crippen molar-refractivity contribution in [1.82, 2.24) is 5.32 Å². The minimum absolute atomic E-state index is 0.0766. The number of carbonyl (C=O) groups is 2. The molecule has 1 N–H and O–H groups in total. The van der Waals surface area contributed by atoms with Crippen LogP contribution in [0.5, 0.6) is 17.2 Å². The van der Waals surface area contributed by atoms with E-state index in [0.29, 0.717) is 30.3 Å². The standard InChI is InChI=1S/C23H26N2O5/c1-4-28-19-7-5-14(2)9-18(19)15(3)24-23(27)16-10-22(26)25(12-16)17-6-8-20-21(11-17)30-13-29-20/h5-9,11,15-16H,4,10,12-13H2,1-3H3,(H,24,27). The molecule has 1 fully saturated rings. The van der Waals surface area contributed by atoms with Crippen LogP contribution in [0.1, 0.15) is 37.4 Å². The van der Waals surface area contributed by atoms with Crippen LogP contribution in [-0.2, 0) is 9.59 Å². The number of rotatable bonds is 6. The summed E-state index contributed by atoms with van der Waals surface area (Å²) in [5, 5.41) is 3.06. The third-order valence-electron chi connectivity index (χ3n) is 5.45. The minimum Gasteiger partial charge on any atom is -0.494 e. The van der Waals surface area contributed by atoms with Gasteiger partial charge in [0.2, 0.25) is 18.6 Å². The smallest absolute Gasteiger partial charge is 0.231 e. The number of hydrogen-bond donors (Lipinski definition) is 1. The molecule has 0 saturated carbocycles. The molecular weight excluding hydrogens is 384 g/mol. The number of carbonyl (C=O) groups excluding carboxylic acids is 2. The Morgan fingerprint density at radius 3 is 2.83 bits per heavy atom. The van der Waals surface area contributed by atoms with Crippen LogP contribution in [0.3, 0.4) is 0 Å². The number of nitrogens with one attached hydrogen (secondary N) is 1. The average Bonchev–Trinajstić information content (AvgIpc) is 3.35. The Hall–Kier alpha value is -3.22. The number of anilines is 1. The molecule has 2 heterocycles. The monoisotopic (exact) mass is 410 g/mol. The summed E-state index contributed by atoms with van der Waals surface area (Å²) in [5.74, 6) is 1.42. The fourth-order valence-electron chi connectivity index (χ4n) is 3.89. The van der Waals surface area contributed by atoms with Gasteiger partial charge in [-0.25, -0.2) is 0 Å². The highest BCUT2D eigenvalue weighted by Crippen LogP contribution is 2.37. The lowest BCUT2D eigenvalue weighted by molar-refractivity contribution is -0.126. The van der Waals surface area contributed by atoms with Crippen molar-refractivity contribution in [2.75, 3.05) is 24.8 Å². The first-order valence-corrected chi connectivity index (χ1v) is 10.2. The van der Waals surface area contributed by atoms with Crippen LogP contribution < -0.4 is 24.4 Å². The molecule has 4 rings (SSSR count). The number of amides is 2. The minimum atomic E-state index is -0.411. The maximum atomic E-state index is 12.9. The first-order valence-electron chi connectivity index (χ1n) is 10.2. The Morgan fingerprint density at radius 1 is 1.23 bits per heavy atom. The molecule has 7 nitrogen and oxygen atoms in total. The van der Waals surface area contributed by atoms with Gasteiger partial charge in [-0.15, -0.1) is 0 Å². The molecule has 2 aromatic rings. The molecule has 0 radical (unpaired) electrons. The average molecular weight is 410 g/mol. The number of hydrogen-bond acceptors (Lipinski definition) is 5. The Balaban J connectivity index is 1.45. The molecule has 2 aliphatic rings. The van der Waals surface area contributed by atoms with Crippen molar-refractivity contribution < 1.29 is 23.8 Å². The van der Waals surface area contributed by atoms with E-state index in [4.69, 9.17) is 14.2 Å². The summed E-state index contributed by atoms with van der Waals surface area (Å²) >= 11 is 0. The molecule has 0 bridgehead atoms. The van der Waals surface area contributed by atoms with Crippen molar-refractivity contribution in [2.45, 2.75) is 33.2 Å². The Kier molecular flexibility index (Phi) is 5.53. The number of fused-ring (bicyclic) bond motifs is 1. The highest BCUT2D eigenvalue weighted by Gasteiger charge is 2.36. The Bertz CT molecular complexity index is 974. The molecule has 158 valence electrons. The van der Waals surface area contributed by atoms with Crippen molar-refractivity contribution in [3.05, 3.63) is 47.5 Å². The lowest BCUT2D eigenvalue weighted by atomic mass is 10.0. The summed E-state index contributed by atoms with van der Waals surface area (Å²) in [6.07, 6.45) is 0.180. The van der Waals surface area contributed by atoms with Gasteiger partial charge in [0.25, 0.3) is 0 Å². The van der Waals surface area contributed by atoms with Crippen molar-refractivity contribution >= 4 is 17.5 Å². The predicted octanol–water partition coefficient (Wildman–Crippen LogP) is 3.35. The largest absolute Gasteiger partial charge is 0.494 e. The van der Waals surface area contributed by atoms with Crippen LogP contribution in [-0.4, -0.2) is 31.8 Å². The zero-order valence-corrected chi connectivity index (χ0v) is 17.4. The summed E-state index contributed by atoms with van der Waals surface area (Å²) in [6.45, 7) is 6.94. The van der Waals surface area contributed by atoms with Gasteiger partial charge in [-0.2, -0.15) is 0 Å². The van der Waals surface area contributed by atoms with Gasteiger partial charge in [0, 0.05) is 30.3 Å². The number of aryl methyl sites for hydroxylation is 1. The van der Waals surface area contributed by atoms with Gasteiger partial charge >= 0.3 is 0 Å². The summed E-state index contributed by atoms with van der Waals surface area (Å²) in [5.41, 5.74) is 2.74. The SMILES string of the molecule is CCOc1ccc(C)cc1C(C)NC(=O)C1CC(=O)N(c2ccc3c(c2)OCO3)C1. The molecule has 30 heavy (non-hydrogen) atoms. The molecule has 7 heteroatoms. The van der Waals surface area contributed by atoms with Crippen LogP contribution in [0.4, 0.5) is 5.69 Å². The molecule has 2 atom stereocenters. The van der Waals surface area contributed by atoms with E-state index in [0.717, 1.165) is 16.9 Å². The third kappa shape index (κ3) is 3.92. The lowest BCUT2D eigenvalue weighted by Gasteiger charge is -2.21. The van der Waals surface area contributed by atoms with E-state index >= 15 is 0 Å². The predicted molar refractivity (Wildman–Crippen MR) is 112 cm³/mol.